The Hall–Kier alpha value is -2.22. The third-order valence-electron chi connectivity index (χ3n) is 2.41. The fourth-order valence-corrected chi connectivity index (χ4v) is 1.71. The summed E-state index contributed by atoms with van der Waals surface area (Å²) in [6.07, 6.45) is 3.01. The molecule has 0 saturated heterocycles. The highest BCUT2D eigenvalue weighted by molar-refractivity contribution is 6.31. The summed E-state index contributed by atoms with van der Waals surface area (Å²) in [4.78, 5) is 11.6. The van der Waals surface area contributed by atoms with Crippen LogP contribution in [0.25, 0.3) is 6.08 Å². The summed E-state index contributed by atoms with van der Waals surface area (Å²) in [6.45, 7) is 2.03. The van der Waals surface area contributed by atoms with Crippen LogP contribution < -0.4 is 5.32 Å². The molecule has 0 atom stereocenters. The van der Waals surface area contributed by atoms with Crippen LogP contribution in [0.1, 0.15) is 17.1 Å². The molecule has 2 N–H and O–H groups in total. The van der Waals surface area contributed by atoms with Crippen LogP contribution in [0, 0.1) is 6.92 Å². The highest BCUT2D eigenvalue weighted by atomic mass is 35.5. The molecule has 0 unspecified atom stereocenters. The van der Waals surface area contributed by atoms with Crippen molar-refractivity contribution < 1.29 is 4.79 Å². The van der Waals surface area contributed by atoms with Gasteiger partial charge in [0.25, 0.3) is 0 Å². The summed E-state index contributed by atoms with van der Waals surface area (Å²) in [6, 6.07) is 0. The van der Waals surface area contributed by atoms with Crippen LogP contribution >= 0.6 is 11.6 Å². The summed E-state index contributed by atoms with van der Waals surface area (Å²) >= 11 is 6.04. The molecule has 0 saturated carbocycles. The molecule has 19 heavy (non-hydrogen) atoms. The molecule has 2 aromatic rings. The average Bonchev–Trinajstić information content (AvgIpc) is 2.96. The maximum Gasteiger partial charge on any atom is 0.244 e. The first kappa shape index (κ1) is 13.2. The Morgan fingerprint density at radius 1 is 1.58 bits per heavy atom. The minimum absolute atomic E-state index is 0.208. The molecule has 0 aliphatic heterocycles. The van der Waals surface area contributed by atoms with E-state index in [-0.39, 0.29) is 12.5 Å². The van der Waals surface area contributed by atoms with E-state index >= 15 is 0 Å². The number of aryl methyl sites for hydroxylation is 2. The number of H-pyrrole nitrogens is 1. The van der Waals surface area contributed by atoms with Crippen LogP contribution in [-0.2, 0) is 18.4 Å². The van der Waals surface area contributed by atoms with Crippen molar-refractivity contribution in [1.82, 2.24) is 35.7 Å². The first-order valence-corrected chi connectivity index (χ1v) is 5.83. The number of tetrazole rings is 1. The Labute approximate surface area is 113 Å². The van der Waals surface area contributed by atoms with Crippen molar-refractivity contribution in [1.29, 1.82) is 0 Å². The van der Waals surface area contributed by atoms with Gasteiger partial charge in [-0.05, 0) is 13.0 Å². The van der Waals surface area contributed by atoms with Crippen LogP contribution in [0.5, 0.6) is 0 Å². The van der Waals surface area contributed by atoms with Gasteiger partial charge in [-0.3, -0.25) is 9.48 Å². The molecule has 0 aliphatic rings. The van der Waals surface area contributed by atoms with Crippen molar-refractivity contribution >= 4 is 23.6 Å². The van der Waals surface area contributed by atoms with E-state index in [1.54, 1.807) is 17.8 Å². The van der Waals surface area contributed by atoms with E-state index in [2.05, 4.69) is 31.0 Å². The second-order valence-electron chi connectivity index (χ2n) is 3.79. The SMILES string of the molecule is Cc1nn(C)c(Cl)c1C=CC(=O)NCc1nn[nH]n1. The molecule has 2 rings (SSSR count). The molecule has 0 aromatic carbocycles. The fraction of sp³-hybridized carbons (Fsp3) is 0.300. The van der Waals surface area contributed by atoms with Gasteiger partial charge in [-0.1, -0.05) is 16.8 Å². The van der Waals surface area contributed by atoms with Gasteiger partial charge in [0.1, 0.15) is 5.15 Å². The lowest BCUT2D eigenvalue weighted by Gasteiger charge is -1.96. The molecule has 1 amide bonds. The molecule has 9 heteroatoms. The predicted molar refractivity (Wildman–Crippen MR) is 68.0 cm³/mol. The Kier molecular flexibility index (Phi) is 3.91. The minimum Gasteiger partial charge on any atom is -0.345 e. The number of aromatic amines is 1. The summed E-state index contributed by atoms with van der Waals surface area (Å²) in [5.41, 5.74) is 1.48. The van der Waals surface area contributed by atoms with E-state index in [9.17, 15) is 4.79 Å². The maximum atomic E-state index is 11.6. The molecule has 0 fully saturated rings. The lowest BCUT2D eigenvalue weighted by atomic mass is 10.2. The number of halogens is 1. The third kappa shape index (κ3) is 3.16. The molecule has 8 nitrogen and oxygen atoms in total. The number of nitrogens with one attached hydrogen (secondary N) is 2. The quantitative estimate of drug-likeness (QED) is 0.781. The van der Waals surface area contributed by atoms with Crippen molar-refractivity contribution in [3.63, 3.8) is 0 Å². The highest BCUT2D eigenvalue weighted by Gasteiger charge is 2.08. The van der Waals surface area contributed by atoms with Crippen molar-refractivity contribution in [2.24, 2.45) is 7.05 Å². The van der Waals surface area contributed by atoms with Gasteiger partial charge in [-0.15, -0.1) is 10.2 Å². The minimum atomic E-state index is -0.274. The Bertz CT molecular complexity index is 602. The molecular weight excluding hydrogens is 270 g/mol. The number of carbonyl (C=O) groups is 1. The largest absolute Gasteiger partial charge is 0.345 e. The normalized spacial score (nSPS) is 11.1. The maximum absolute atomic E-state index is 11.6. The molecule has 0 bridgehead atoms. The number of amides is 1. The monoisotopic (exact) mass is 281 g/mol. The van der Waals surface area contributed by atoms with E-state index < -0.39 is 0 Å². The van der Waals surface area contributed by atoms with Crippen LogP contribution in [0.2, 0.25) is 5.15 Å². The Morgan fingerprint density at radius 2 is 2.37 bits per heavy atom. The predicted octanol–water partition coefficient (Wildman–Crippen LogP) is 0.225. The lowest BCUT2D eigenvalue weighted by Crippen LogP contribution is -2.21. The number of carbonyl (C=O) groups excluding carboxylic acids is 1. The van der Waals surface area contributed by atoms with E-state index in [4.69, 9.17) is 11.6 Å². The number of nitrogens with zero attached hydrogens (tertiary/aromatic N) is 5. The van der Waals surface area contributed by atoms with Gasteiger partial charge in [0.05, 0.1) is 12.2 Å². The van der Waals surface area contributed by atoms with Crippen molar-refractivity contribution in [2.45, 2.75) is 13.5 Å². The zero-order valence-corrected chi connectivity index (χ0v) is 11.1. The lowest BCUT2D eigenvalue weighted by molar-refractivity contribution is -0.116. The van der Waals surface area contributed by atoms with Crippen LogP contribution in [-0.4, -0.2) is 36.3 Å². The fourth-order valence-electron chi connectivity index (χ4n) is 1.48. The smallest absolute Gasteiger partial charge is 0.244 e. The number of rotatable bonds is 4. The van der Waals surface area contributed by atoms with Gasteiger partial charge >= 0.3 is 0 Å². The molecule has 0 radical (unpaired) electrons. The van der Waals surface area contributed by atoms with Gasteiger partial charge in [-0.25, -0.2) is 0 Å². The summed E-state index contributed by atoms with van der Waals surface area (Å²) in [7, 11) is 1.74. The standard InChI is InChI=1S/C10H12ClN7O/c1-6-7(10(11)18(2)15-6)3-4-9(19)12-5-8-13-16-17-14-8/h3-4H,5H2,1-2H3,(H,12,19)(H,13,14,16,17). The zero-order chi connectivity index (χ0) is 13.8. The van der Waals surface area contributed by atoms with Gasteiger partial charge < -0.3 is 5.32 Å². The summed E-state index contributed by atoms with van der Waals surface area (Å²) in [5, 5.41) is 20.4. The van der Waals surface area contributed by atoms with E-state index in [0.717, 1.165) is 11.3 Å². The molecular formula is C10H12ClN7O. The molecule has 0 aliphatic carbocycles. The first-order chi connectivity index (χ1) is 9.08. The van der Waals surface area contributed by atoms with Crippen LogP contribution in [0.4, 0.5) is 0 Å². The van der Waals surface area contributed by atoms with Gasteiger partial charge in [0.2, 0.25) is 5.91 Å². The van der Waals surface area contributed by atoms with Gasteiger partial charge in [0, 0.05) is 18.7 Å². The second-order valence-corrected chi connectivity index (χ2v) is 4.15. The summed E-state index contributed by atoms with van der Waals surface area (Å²) in [5.74, 6) is 0.140. The molecule has 2 heterocycles. The molecule has 100 valence electrons. The third-order valence-corrected chi connectivity index (χ3v) is 2.86. The first-order valence-electron chi connectivity index (χ1n) is 5.45. The number of hydrogen-bond acceptors (Lipinski definition) is 5. The average molecular weight is 282 g/mol. The second kappa shape index (κ2) is 5.61. The van der Waals surface area contributed by atoms with Crippen LogP contribution in [0.15, 0.2) is 6.08 Å². The Morgan fingerprint density at radius 3 is 2.95 bits per heavy atom. The van der Waals surface area contributed by atoms with E-state index in [0.29, 0.717) is 11.0 Å². The van der Waals surface area contributed by atoms with Crippen molar-refractivity contribution in [2.75, 3.05) is 0 Å². The molecule has 2 aromatic heterocycles. The zero-order valence-electron chi connectivity index (χ0n) is 10.4. The van der Waals surface area contributed by atoms with Crippen molar-refractivity contribution in [3.05, 3.63) is 28.3 Å². The van der Waals surface area contributed by atoms with Gasteiger partial charge in [-0.2, -0.15) is 10.3 Å². The number of aromatic nitrogens is 6. The van der Waals surface area contributed by atoms with E-state index in [1.807, 2.05) is 6.92 Å². The topological polar surface area (TPSA) is 101 Å². The highest BCUT2D eigenvalue weighted by Crippen LogP contribution is 2.19. The Balaban J connectivity index is 1.96. The van der Waals surface area contributed by atoms with Gasteiger partial charge in [0.15, 0.2) is 5.82 Å². The molecule has 0 spiro atoms. The number of hydrogen-bond donors (Lipinski definition) is 2. The van der Waals surface area contributed by atoms with Crippen LogP contribution in [0.3, 0.4) is 0 Å². The van der Waals surface area contributed by atoms with Crippen molar-refractivity contribution in [3.8, 4) is 0 Å². The van der Waals surface area contributed by atoms with E-state index in [1.165, 1.54) is 6.08 Å². The summed E-state index contributed by atoms with van der Waals surface area (Å²) < 4.78 is 1.55.